The van der Waals surface area contributed by atoms with E-state index in [1.54, 1.807) is 26.3 Å². The van der Waals surface area contributed by atoms with Crippen molar-refractivity contribution in [3.8, 4) is 0 Å². The summed E-state index contributed by atoms with van der Waals surface area (Å²) >= 11 is 0. The van der Waals surface area contributed by atoms with E-state index in [2.05, 4.69) is 33.4 Å². The summed E-state index contributed by atoms with van der Waals surface area (Å²) in [5, 5.41) is 3.41. The van der Waals surface area contributed by atoms with Crippen LogP contribution in [0.25, 0.3) is 0 Å². The van der Waals surface area contributed by atoms with Crippen LogP contribution in [0.5, 0.6) is 0 Å². The van der Waals surface area contributed by atoms with Crippen LogP contribution in [0.2, 0.25) is 0 Å². The number of guanidine groups is 1. The zero-order valence-electron chi connectivity index (χ0n) is 15.9. The van der Waals surface area contributed by atoms with Crippen LogP contribution in [0, 0.1) is 0 Å². The Balaban J connectivity index is 1.52. The topological polar surface area (TPSA) is 70.3 Å². The molecule has 1 fully saturated rings. The Labute approximate surface area is 159 Å². The number of furan rings is 1. The number of ether oxygens (including phenoxy) is 1. The van der Waals surface area contributed by atoms with Gasteiger partial charge in [0.1, 0.15) is 0 Å². The van der Waals surface area contributed by atoms with E-state index < -0.39 is 0 Å². The first-order valence-corrected chi connectivity index (χ1v) is 9.06. The fourth-order valence-corrected chi connectivity index (χ4v) is 3.19. The minimum atomic E-state index is -0.0578. The summed E-state index contributed by atoms with van der Waals surface area (Å²) in [4.78, 5) is 20.7. The van der Waals surface area contributed by atoms with E-state index >= 15 is 0 Å². The van der Waals surface area contributed by atoms with E-state index in [4.69, 9.17) is 9.15 Å². The number of benzene rings is 1. The first-order chi connectivity index (χ1) is 13.2. The summed E-state index contributed by atoms with van der Waals surface area (Å²) < 4.78 is 10.4. The van der Waals surface area contributed by atoms with Crippen LogP contribution in [0.15, 0.2) is 52.1 Å². The largest absolute Gasteiger partial charge is 0.459 e. The lowest BCUT2D eigenvalue weighted by Gasteiger charge is -2.36. The zero-order valence-corrected chi connectivity index (χ0v) is 15.9. The number of carbonyl (C=O) groups is 1. The van der Waals surface area contributed by atoms with Crippen LogP contribution >= 0.6 is 0 Å². The van der Waals surface area contributed by atoms with Gasteiger partial charge in [-0.1, -0.05) is 24.3 Å². The summed E-state index contributed by atoms with van der Waals surface area (Å²) in [6.07, 6.45) is 1.52. The second-order valence-electron chi connectivity index (χ2n) is 6.41. The second kappa shape index (κ2) is 9.23. The molecular formula is C20H26N4O3. The van der Waals surface area contributed by atoms with Crippen molar-refractivity contribution >= 4 is 11.9 Å². The van der Waals surface area contributed by atoms with Gasteiger partial charge in [-0.05, 0) is 23.3 Å². The molecule has 1 aliphatic rings. The van der Waals surface area contributed by atoms with E-state index in [1.807, 2.05) is 11.0 Å². The molecule has 27 heavy (non-hydrogen) atoms. The van der Waals surface area contributed by atoms with Crippen LogP contribution in [0.1, 0.15) is 21.7 Å². The van der Waals surface area contributed by atoms with Crippen LogP contribution < -0.4 is 5.32 Å². The molecule has 1 amide bonds. The van der Waals surface area contributed by atoms with Gasteiger partial charge in [0.2, 0.25) is 0 Å². The van der Waals surface area contributed by atoms with Crippen LogP contribution in [-0.2, 0) is 17.9 Å². The lowest BCUT2D eigenvalue weighted by Crippen LogP contribution is -2.53. The number of methoxy groups -OCH3 is 1. The highest BCUT2D eigenvalue weighted by Crippen LogP contribution is 2.10. The number of amides is 1. The molecule has 0 saturated carbocycles. The fourth-order valence-electron chi connectivity index (χ4n) is 3.19. The normalized spacial score (nSPS) is 15.1. The third-order valence-corrected chi connectivity index (χ3v) is 4.56. The molecule has 144 valence electrons. The van der Waals surface area contributed by atoms with Gasteiger partial charge in [-0.3, -0.25) is 9.79 Å². The first kappa shape index (κ1) is 19.0. The maximum atomic E-state index is 12.4. The molecule has 2 aromatic rings. The highest BCUT2D eigenvalue weighted by atomic mass is 16.5. The molecule has 0 radical (unpaired) electrons. The third kappa shape index (κ3) is 4.89. The molecule has 7 heteroatoms. The monoisotopic (exact) mass is 370 g/mol. The van der Waals surface area contributed by atoms with Gasteiger partial charge >= 0.3 is 0 Å². The van der Waals surface area contributed by atoms with Gasteiger partial charge in [0.25, 0.3) is 5.91 Å². The summed E-state index contributed by atoms with van der Waals surface area (Å²) in [7, 11) is 3.48. The van der Waals surface area contributed by atoms with Gasteiger partial charge in [0.15, 0.2) is 11.7 Å². The molecule has 1 saturated heterocycles. The van der Waals surface area contributed by atoms with Crippen LogP contribution in [-0.4, -0.2) is 62.0 Å². The van der Waals surface area contributed by atoms with Gasteiger partial charge < -0.3 is 24.3 Å². The predicted octanol–water partition coefficient (Wildman–Crippen LogP) is 1.96. The highest BCUT2D eigenvalue weighted by Gasteiger charge is 2.25. The number of piperazine rings is 1. The maximum absolute atomic E-state index is 12.4. The third-order valence-electron chi connectivity index (χ3n) is 4.56. The van der Waals surface area contributed by atoms with Crippen molar-refractivity contribution in [1.82, 2.24) is 15.1 Å². The Hall–Kier alpha value is -2.80. The van der Waals surface area contributed by atoms with Gasteiger partial charge in [-0.15, -0.1) is 0 Å². The van der Waals surface area contributed by atoms with Gasteiger partial charge in [-0.2, -0.15) is 0 Å². The number of hydrogen-bond acceptors (Lipinski definition) is 4. The summed E-state index contributed by atoms with van der Waals surface area (Å²) in [6, 6.07) is 11.7. The Kier molecular flexibility index (Phi) is 6.49. The number of nitrogens with one attached hydrogen (secondary N) is 1. The number of nitrogens with zero attached hydrogens (tertiary/aromatic N) is 3. The van der Waals surface area contributed by atoms with Crippen LogP contribution in [0.4, 0.5) is 0 Å². The van der Waals surface area contributed by atoms with E-state index in [-0.39, 0.29) is 5.91 Å². The summed E-state index contributed by atoms with van der Waals surface area (Å²) in [5.74, 6) is 1.18. The molecule has 1 aromatic carbocycles. The number of carbonyl (C=O) groups excluding carboxylic acids is 1. The molecule has 7 nitrogen and oxygen atoms in total. The number of aliphatic imine (C=N–C) groups is 1. The molecule has 0 atom stereocenters. The Morgan fingerprint density at radius 2 is 1.89 bits per heavy atom. The Morgan fingerprint density at radius 1 is 1.15 bits per heavy atom. The molecule has 0 bridgehead atoms. The van der Waals surface area contributed by atoms with Crippen molar-refractivity contribution in [2.45, 2.75) is 13.2 Å². The highest BCUT2D eigenvalue weighted by molar-refractivity contribution is 5.91. The minimum Gasteiger partial charge on any atom is -0.459 e. The van der Waals surface area contributed by atoms with E-state index in [9.17, 15) is 4.79 Å². The second-order valence-corrected chi connectivity index (χ2v) is 6.41. The SMILES string of the molecule is CN=C(NCc1cccc(COC)c1)N1CCN(C(=O)c2ccco2)CC1. The smallest absolute Gasteiger partial charge is 0.289 e. The molecule has 1 aromatic heterocycles. The number of rotatable bonds is 5. The molecule has 0 spiro atoms. The van der Waals surface area contributed by atoms with Crippen molar-refractivity contribution in [3.63, 3.8) is 0 Å². The molecular weight excluding hydrogens is 344 g/mol. The van der Waals surface area contributed by atoms with Crippen LogP contribution in [0.3, 0.4) is 0 Å². The molecule has 2 heterocycles. The van der Waals surface area contributed by atoms with E-state index in [0.29, 0.717) is 32.0 Å². The van der Waals surface area contributed by atoms with Crippen molar-refractivity contribution in [2.24, 2.45) is 4.99 Å². The molecule has 1 N–H and O–H groups in total. The van der Waals surface area contributed by atoms with Crippen molar-refractivity contribution in [3.05, 3.63) is 59.5 Å². The van der Waals surface area contributed by atoms with Gasteiger partial charge in [-0.25, -0.2) is 0 Å². The van der Waals surface area contributed by atoms with Crippen molar-refractivity contribution in [2.75, 3.05) is 40.3 Å². The summed E-state index contributed by atoms with van der Waals surface area (Å²) in [6.45, 7) is 4.04. The molecule has 1 aliphatic heterocycles. The fraction of sp³-hybridized carbons (Fsp3) is 0.400. The predicted molar refractivity (Wildman–Crippen MR) is 104 cm³/mol. The zero-order chi connectivity index (χ0) is 19.1. The standard InChI is InChI=1S/C20H26N4O3/c1-21-20(22-14-16-5-3-6-17(13-16)15-26-2)24-10-8-23(9-11-24)19(25)18-7-4-12-27-18/h3-7,12-13H,8-11,14-15H2,1-2H3,(H,21,22). The molecule has 0 aliphatic carbocycles. The molecule has 0 unspecified atom stereocenters. The van der Waals surface area contributed by atoms with Crippen molar-refractivity contribution < 1.29 is 13.9 Å². The van der Waals surface area contributed by atoms with Gasteiger partial charge in [0, 0.05) is 46.9 Å². The quantitative estimate of drug-likeness (QED) is 0.644. The summed E-state index contributed by atoms with van der Waals surface area (Å²) in [5.41, 5.74) is 2.33. The Bertz CT molecular complexity index is 765. The van der Waals surface area contributed by atoms with Crippen molar-refractivity contribution in [1.29, 1.82) is 0 Å². The number of hydrogen-bond donors (Lipinski definition) is 1. The average Bonchev–Trinajstić information content (AvgIpc) is 3.24. The van der Waals surface area contributed by atoms with Gasteiger partial charge in [0.05, 0.1) is 12.9 Å². The Morgan fingerprint density at radius 3 is 2.56 bits per heavy atom. The first-order valence-electron chi connectivity index (χ1n) is 9.06. The van der Waals surface area contributed by atoms with E-state index in [1.165, 1.54) is 11.8 Å². The van der Waals surface area contributed by atoms with E-state index in [0.717, 1.165) is 24.6 Å². The lowest BCUT2D eigenvalue weighted by atomic mass is 10.1. The minimum absolute atomic E-state index is 0.0578. The lowest BCUT2D eigenvalue weighted by molar-refractivity contribution is 0.0657. The average molecular weight is 370 g/mol. The molecule has 3 rings (SSSR count). The maximum Gasteiger partial charge on any atom is 0.289 e.